The SMILES string of the molecule is COC(=O)c1ccc([C@H]2C/C(=N\OCc3ccccc3)c3ccc(OC)cc3O2)cc1. The first-order valence-electron chi connectivity index (χ1n) is 9.94. The molecule has 0 amide bonds. The zero-order valence-corrected chi connectivity index (χ0v) is 17.4. The molecule has 0 saturated heterocycles. The number of ether oxygens (including phenoxy) is 3. The zero-order chi connectivity index (χ0) is 21.6. The molecule has 158 valence electrons. The Morgan fingerprint density at radius 3 is 2.52 bits per heavy atom. The summed E-state index contributed by atoms with van der Waals surface area (Å²) in [6.07, 6.45) is 0.261. The minimum Gasteiger partial charge on any atom is -0.497 e. The quantitative estimate of drug-likeness (QED) is 0.420. The topological polar surface area (TPSA) is 66.4 Å². The summed E-state index contributed by atoms with van der Waals surface area (Å²) in [6, 6.07) is 22.7. The van der Waals surface area contributed by atoms with Crippen molar-refractivity contribution in [1.82, 2.24) is 0 Å². The van der Waals surface area contributed by atoms with Crippen LogP contribution < -0.4 is 9.47 Å². The summed E-state index contributed by atoms with van der Waals surface area (Å²) < 4.78 is 16.4. The van der Waals surface area contributed by atoms with Crippen LogP contribution in [0.4, 0.5) is 0 Å². The average molecular weight is 417 g/mol. The summed E-state index contributed by atoms with van der Waals surface area (Å²) in [5.41, 5.74) is 4.13. The van der Waals surface area contributed by atoms with Crippen LogP contribution >= 0.6 is 0 Å². The number of carbonyl (C=O) groups is 1. The van der Waals surface area contributed by atoms with Gasteiger partial charge in [0.15, 0.2) is 0 Å². The molecule has 1 aliphatic heterocycles. The third-order valence-electron chi connectivity index (χ3n) is 5.10. The van der Waals surface area contributed by atoms with Crippen LogP contribution in [0.2, 0.25) is 0 Å². The molecule has 0 spiro atoms. The molecule has 6 nitrogen and oxygen atoms in total. The molecule has 0 bridgehead atoms. The molecular weight excluding hydrogens is 394 g/mol. The van der Waals surface area contributed by atoms with E-state index in [4.69, 9.17) is 19.0 Å². The van der Waals surface area contributed by atoms with Crippen molar-refractivity contribution < 1.29 is 23.8 Å². The van der Waals surface area contributed by atoms with Crippen LogP contribution in [0.1, 0.15) is 39.6 Å². The van der Waals surface area contributed by atoms with E-state index in [1.54, 1.807) is 19.2 Å². The lowest BCUT2D eigenvalue weighted by Crippen LogP contribution is -2.21. The molecule has 0 N–H and O–H groups in total. The molecule has 6 heteroatoms. The van der Waals surface area contributed by atoms with Crippen molar-refractivity contribution in [2.45, 2.75) is 19.1 Å². The van der Waals surface area contributed by atoms with E-state index in [-0.39, 0.29) is 12.1 Å². The van der Waals surface area contributed by atoms with Crippen molar-refractivity contribution in [3.05, 3.63) is 95.1 Å². The number of nitrogens with zero attached hydrogens (tertiary/aromatic N) is 1. The largest absolute Gasteiger partial charge is 0.497 e. The second-order valence-corrected chi connectivity index (χ2v) is 7.08. The number of oxime groups is 1. The number of methoxy groups -OCH3 is 2. The molecule has 1 atom stereocenters. The van der Waals surface area contributed by atoms with Gasteiger partial charge in [-0.05, 0) is 35.4 Å². The van der Waals surface area contributed by atoms with E-state index in [0.717, 1.165) is 22.4 Å². The summed E-state index contributed by atoms with van der Waals surface area (Å²) in [6.45, 7) is 0.384. The molecule has 0 unspecified atom stereocenters. The Balaban J connectivity index is 1.60. The van der Waals surface area contributed by atoms with E-state index in [9.17, 15) is 4.79 Å². The van der Waals surface area contributed by atoms with Crippen LogP contribution in [-0.2, 0) is 16.2 Å². The molecule has 0 radical (unpaired) electrons. The summed E-state index contributed by atoms with van der Waals surface area (Å²) in [4.78, 5) is 17.4. The third-order valence-corrected chi connectivity index (χ3v) is 5.10. The van der Waals surface area contributed by atoms with E-state index in [0.29, 0.717) is 30.1 Å². The maximum absolute atomic E-state index is 11.7. The van der Waals surface area contributed by atoms with Crippen molar-refractivity contribution in [2.24, 2.45) is 5.16 Å². The fourth-order valence-corrected chi connectivity index (χ4v) is 3.43. The second-order valence-electron chi connectivity index (χ2n) is 7.08. The van der Waals surface area contributed by atoms with E-state index in [1.165, 1.54) is 7.11 Å². The number of fused-ring (bicyclic) bond motifs is 1. The Kier molecular flexibility index (Phi) is 6.17. The highest BCUT2D eigenvalue weighted by molar-refractivity contribution is 6.04. The van der Waals surface area contributed by atoms with E-state index >= 15 is 0 Å². The van der Waals surface area contributed by atoms with Crippen molar-refractivity contribution >= 4 is 11.7 Å². The van der Waals surface area contributed by atoms with Gasteiger partial charge < -0.3 is 19.0 Å². The predicted molar refractivity (Wildman–Crippen MR) is 117 cm³/mol. The van der Waals surface area contributed by atoms with Gasteiger partial charge in [0.2, 0.25) is 0 Å². The van der Waals surface area contributed by atoms with Crippen LogP contribution in [-0.4, -0.2) is 25.9 Å². The van der Waals surface area contributed by atoms with Gasteiger partial charge >= 0.3 is 5.97 Å². The molecule has 0 aromatic heterocycles. The van der Waals surface area contributed by atoms with Crippen molar-refractivity contribution in [3.8, 4) is 11.5 Å². The van der Waals surface area contributed by atoms with Crippen LogP contribution in [0, 0.1) is 0 Å². The Bertz CT molecular complexity index is 1080. The van der Waals surface area contributed by atoms with E-state index in [1.807, 2.05) is 60.7 Å². The minimum absolute atomic E-state index is 0.273. The van der Waals surface area contributed by atoms with Gasteiger partial charge in [0.1, 0.15) is 24.2 Å². The molecule has 0 aliphatic carbocycles. The predicted octanol–water partition coefficient (Wildman–Crippen LogP) is 4.93. The number of hydrogen-bond acceptors (Lipinski definition) is 6. The van der Waals surface area contributed by atoms with Gasteiger partial charge in [-0.25, -0.2) is 4.79 Å². The standard InChI is InChI=1S/C25H23NO5/c1-28-20-12-13-21-22(26-30-16-17-6-4-3-5-7-17)15-23(31-24(21)14-20)18-8-10-19(11-9-18)25(27)29-2/h3-14,23H,15-16H2,1-2H3/b26-22+/t23-/m1/s1. The summed E-state index contributed by atoms with van der Waals surface area (Å²) in [5, 5.41) is 4.43. The first-order valence-corrected chi connectivity index (χ1v) is 9.94. The number of rotatable bonds is 6. The number of hydrogen-bond donors (Lipinski definition) is 0. The molecular formula is C25H23NO5. The number of carbonyl (C=O) groups excluding carboxylic acids is 1. The van der Waals surface area contributed by atoms with E-state index in [2.05, 4.69) is 5.16 Å². The highest BCUT2D eigenvalue weighted by atomic mass is 16.6. The summed E-state index contributed by atoms with van der Waals surface area (Å²) >= 11 is 0. The third kappa shape index (κ3) is 4.69. The fraction of sp³-hybridized carbons (Fsp3) is 0.200. The Morgan fingerprint density at radius 2 is 1.81 bits per heavy atom. The van der Waals surface area contributed by atoms with Crippen LogP contribution in [0.5, 0.6) is 11.5 Å². The van der Waals surface area contributed by atoms with Gasteiger partial charge in [0, 0.05) is 18.1 Å². The Labute approximate surface area is 181 Å². The van der Waals surface area contributed by atoms with Crippen molar-refractivity contribution in [2.75, 3.05) is 14.2 Å². The van der Waals surface area contributed by atoms with Gasteiger partial charge in [-0.3, -0.25) is 0 Å². The Morgan fingerprint density at radius 1 is 1.03 bits per heavy atom. The molecule has 3 aromatic rings. The monoisotopic (exact) mass is 417 g/mol. The molecule has 1 heterocycles. The van der Waals surface area contributed by atoms with Gasteiger partial charge in [-0.1, -0.05) is 47.6 Å². The summed E-state index contributed by atoms with van der Waals surface area (Å²) in [5.74, 6) is 1.00. The number of esters is 1. The maximum Gasteiger partial charge on any atom is 0.337 e. The van der Waals surface area contributed by atoms with Crippen LogP contribution in [0.3, 0.4) is 0 Å². The fourth-order valence-electron chi connectivity index (χ4n) is 3.43. The lowest BCUT2D eigenvalue weighted by atomic mass is 9.95. The highest BCUT2D eigenvalue weighted by Gasteiger charge is 2.27. The molecule has 1 aliphatic rings. The average Bonchev–Trinajstić information content (AvgIpc) is 2.83. The molecule has 0 fully saturated rings. The van der Waals surface area contributed by atoms with Crippen LogP contribution in [0.15, 0.2) is 78.0 Å². The van der Waals surface area contributed by atoms with Crippen LogP contribution in [0.25, 0.3) is 0 Å². The molecule has 31 heavy (non-hydrogen) atoms. The van der Waals surface area contributed by atoms with Gasteiger partial charge in [0.25, 0.3) is 0 Å². The zero-order valence-electron chi connectivity index (χ0n) is 17.4. The lowest BCUT2D eigenvalue weighted by Gasteiger charge is -2.27. The van der Waals surface area contributed by atoms with E-state index < -0.39 is 0 Å². The molecule has 3 aromatic carbocycles. The molecule has 4 rings (SSSR count). The Hall–Kier alpha value is -3.80. The minimum atomic E-state index is -0.372. The van der Waals surface area contributed by atoms with Gasteiger partial charge in [-0.2, -0.15) is 0 Å². The second kappa shape index (κ2) is 9.34. The van der Waals surface area contributed by atoms with Gasteiger partial charge in [-0.15, -0.1) is 0 Å². The lowest BCUT2D eigenvalue weighted by molar-refractivity contribution is 0.0600. The van der Waals surface area contributed by atoms with Crippen molar-refractivity contribution in [3.63, 3.8) is 0 Å². The molecule has 0 saturated carbocycles. The first-order chi connectivity index (χ1) is 15.2. The normalized spacial score (nSPS) is 16.2. The maximum atomic E-state index is 11.7. The smallest absolute Gasteiger partial charge is 0.337 e. The van der Waals surface area contributed by atoms with Gasteiger partial charge in [0.05, 0.1) is 25.5 Å². The highest BCUT2D eigenvalue weighted by Crippen LogP contribution is 2.37. The number of benzene rings is 3. The first kappa shape index (κ1) is 20.5. The summed E-state index contributed by atoms with van der Waals surface area (Å²) in [7, 11) is 2.98. The van der Waals surface area contributed by atoms with Crippen molar-refractivity contribution in [1.29, 1.82) is 0 Å².